The van der Waals surface area contributed by atoms with Gasteiger partial charge in [-0.1, -0.05) is 30.4 Å². The molecule has 0 aliphatic heterocycles. The Labute approximate surface area is 129 Å². The van der Waals surface area contributed by atoms with Crippen molar-refractivity contribution in [3.8, 4) is 0 Å². The fourth-order valence-electron chi connectivity index (χ4n) is 4.17. The zero-order chi connectivity index (χ0) is 14.8. The quantitative estimate of drug-likeness (QED) is 0.440. The molecule has 1 aliphatic rings. The third kappa shape index (κ3) is 1.31. The molecule has 22 heavy (non-hydrogen) atoms. The SMILES string of the molecule is Cn1c2c(c3c4c5ccccc5n(C)c4ccc31)C=CCC2. The van der Waals surface area contributed by atoms with E-state index >= 15 is 0 Å². The van der Waals surface area contributed by atoms with Gasteiger partial charge in [0.1, 0.15) is 0 Å². The summed E-state index contributed by atoms with van der Waals surface area (Å²) >= 11 is 0. The number of fused-ring (bicyclic) bond motifs is 7. The molecule has 0 saturated heterocycles. The number of allylic oxidation sites excluding steroid dienone is 1. The summed E-state index contributed by atoms with van der Waals surface area (Å²) in [5, 5.41) is 4.18. The Morgan fingerprint density at radius 2 is 1.59 bits per heavy atom. The molecule has 108 valence electrons. The Morgan fingerprint density at radius 1 is 0.818 bits per heavy atom. The van der Waals surface area contributed by atoms with E-state index in [1.54, 1.807) is 0 Å². The molecule has 0 spiro atoms. The highest BCUT2D eigenvalue weighted by Gasteiger charge is 2.20. The van der Waals surface area contributed by atoms with Gasteiger partial charge in [0.25, 0.3) is 0 Å². The monoisotopic (exact) mass is 286 g/mol. The molecule has 2 heteroatoms. The molecule has 2 aromatic carbocycles. The van der Waals surface area contributed by atoms with Crippen LogP contribution in [-0.2, 0) is 20.5 Å². The zero-order valence-corrected chi connectivity index (χ0v) is 12.9. The fraction of sp³-hybridized carbons (Fsp3) is 0.200. The van der Waals surface area contributed by atoms with Crippen LogP contribution < -0.4 is 0 Å². The molecule has 0 amide bonds. The van der Waals surface area contributed by atoms with Gasteiger partial charge >= 0.3 is 0 Å². The third-order valence-corrected chi connectivity index (χ3v) is 5.24. The summed E-state index contributed by atoms with van der Waals surface area (Å²) in [7, 11) is 4.37. The number of benzene rings is 2. The molecule has 0 unspecified atom stereocenters. The van der Waals surface area contributed by atoms with Crippen LogP contribution >= 0.6 is 0 Å². The van der Waals surface area contributed by atoms with Crippen LogP contribution in [-0.4, -0.2) is 9.13 Å². The van der Waals surface area contributed by atoms with Crippen LogP contribution in [0.2, 0.25) is 0 Å². The van der Waals surface area contributed by atoms with Crippen LogP contribution in [0.25, 0.3) is 38.8 Å². The van der Waals surface area contributed by atoms with E-state index < -0.39 is 0 Å². The summed E-state index contributed by atoms with van der Waals surface area (Å²) < 4.78 is 4.70. The van der Waals surface area contributed by atoms with Crippen molar-refractivity contribution in [3.05, 3.63) is 53.7 Å². The predicted octanol–water partition coefficient (Wildman–Crippen LogP) is 4.78. The molecule has 1 aliphatic carbocycles. The molecular formula is C20H18N2. The summed E-state index contributed by atoms with van der Waals surface area (Å²) in [6.07, 6.45) is 6.92. The molecule has 2 aromatic heterocycles. The van der Waals surface area contributed by atoms with Gasteiger partial charge in [0.15, 0.2) is 0 Å². The summed E-state index contributed by atoms with van der Waals surface area (Å²) in [6, 6.07) is 13.3. The molecule has 5 rings (SSSR count). The highest BCUT2D eigenvalue weighted by atomic mass is 15.0. The first-order chi connectivity index (χ1) is 10.8. The van der Waals surface area contributed by atoms with Crippen molar-refractivity contribution < 1.29 is 0 Å². The molecule has 2 heterocycles. The van der Waals surface area contributed by atoms with E-state index in [0.717, 1.165) is 12.8 Å². The van der Waals surface area contributed by atoms with Crippen LogP contribution in [0, 0.1) is 0 Å². The van der Waals surface area contributed by atoms with Gasteiger partial charge in [0.2, 0.25) is 0 Å². The van der Waals surface area contributed by atoms with Gasteiger partial charge in [-0.25, -0.2) is 0 Å². The maximum Gasteiger partial charge on any atom is 0.0496 e. The van der Waals surface area contributed by atoms with E-state index in [2.05, 4.69) is 71.8 Å². The van der Waals surface area contributed by atoms with Gasteiger partial charge in [-0.05, 0) is 31.0 Å². The van der Waals surface area contributed by atoms with Gasteiger partial charge in [0, 0.05) is 58.1 Å². The Morgan fingerprint density at radius 3 is 2.45 bits per heavy atom. The van der Waals surface area contributed by atoms with Gasteiger partial charge in [0.05, 0.1) is 0 Å². The molecule has 0 bridgehead atoms. The minimum absolute atomic E-state index is 1.14. The Bertz CT molecular complexity index is 1090. The van der Waals surface area contributed by atoms with Crippen LogP contribution in [0.5, 0.6) is 0 Å². The molecule has 0 radical (unpaired) electrons. The Kier molecular flexibility index (Phi) is 2.22. The smallest absolute Gasteiger partial charge is 0.0496 e. The largest absolute Gasteiger partial charge is 0.347 e. The predicted molar refractivity (Wildman–Crippen MR) is 94.3 cm³/mol. The molecule has 0 saturated carbocycles. The maximum atomic E-state index is 2.38. The standard InChI is InChI=1S/C20H18N2/c1-21-15-9-5-3-7-13(15)19-17(21)11-12-18-20(19)14-8-4-6-10-16(14)22(18)2/h3-5,7-9,11-12H,6,10H2,1-2H3. The van der Waals surface area contributed by atoms with E-state index in [9.17, 15) is 0 Å². The first-order valence-corrected chi connectivity index (χ1v) is 7.91. The highest BCUT2D eigenvalue weighted by Crippen LogP contribution is 2.39. The first kappa shape index (κ1) is 12.1. The second-order valence-corrected chi connectivity index (χ2v) is 6.29. The highest BCUT2D eigenvalue weighted by molar-refractivity contribution is 6.22. The van der Waals surface area contributed by atoms with Crippen molar-refractivity contribution in [2.75, 3.05) is 0 Å². The lowest BCUT2D eigenvalue weighted by Gasteiger charge is -2.07. The number of hydrogen-bond donors (Lipinski definition) is 0. The average molecular weight is 286 g/mol. The number of aryl methyl sites for hydroxylation is 2. The summed E-state index contributed by atoms with van der Waals surface area (Å²) in [4.78, 5) is 0. The van der Waals surface area contributed by atoms with Crippen LogP contribution in [0.15, 0.2) is 42.5 Å². The minimum Gasteiger partial charge on any atom is -0.347 e. The van der Waals surface area contributed by atoms with E-state index in [-0.39, 0.29) is 0 Å². The molecule has 4 aromatic rings. The third-order valence-electron chi connectivity index (χ3n) is 5.24. The average Bonchev–Trinajstić information content (AvgIpc) is 3.02. The van der Waals surface area contributed by atoms with Crippen molar-refractivity contribution in [2.45, 2.75) is 12.8 Å². The van der Waals surface area contributed by atoms with E-state index in [1.165, 1.54) is 44.0 Å². The van der Waals surface area contributed by atoms with Crippen molar-refractivity contribution in [3.63, 3.8) is 0 Å². The summed E-state index contributed by atoms with van der Waals surface area (Å²) in [5.74, 6) is 0. The molecule has 0 atom stereocenters. The summed E-state index contributed by atoms with van der Waals surface area (Å²) in [5.41, 5.74) is 6.87. The lowest BCUT2D eigenvalue weighted by molar-refractivity contribution is 0.824. The van der Waals surface area contributed by atoms with Gasteiger partial charge in [-0.15, -0.1) is 0 Å². The van der Waals surface area contributed by atoms with Crippen molar-refractivity contribution >= 4 is 38.8 Å². The minimum atomic E-state index is 1.14. The number of aromatic nitrogens is 2. The van der Waals surface area contributed by atoms with Gasteiger partial charge in [-0.2, -0.15) is 0 Å². The van der Waals surface area contributed by atoms with Gasteiger partial charge in [-0.3, -0.25) is 0 Å². The van der Waals surface area contributed by atoms with Crippen molar-refractivity contribution in [1.82, 2.24) is 9.13 Å². The first-order valence-electron chi connectivity index (χ1n) is 7.91. The lowest BCUT2D eigenvalue weighted by Crippen LogP contribution is -1.99. The molecule has 0 N–H and O–H groups in total. The van der Waals surface area contributed by atoms with Crippen LogP contribution in [0.3, 0.4) is 0 Å². The van der Waals surface area contributed by atoms with Crippen molar-refractivity contribution in [2.24, 2.45) is 14.1 Å². The molecule has 0 fully saturated rings. The molecular weight excluding hydrogens is 268 g/mol. The number of rotatable bonds is 0. The zero-order valence-electron chi connectivity index (χ0n) is 12.9. The second-order valence-electron chi connectivity index (χ2n) is 6.29. The fourth-order valence-corrected chi connectivity index (χ4v) is 4.17. The second kappa shape index (κ2) is 4.04. The van der Waals surface area contributed by atoms with E-state index in [4.69, 9.17) is 0 Å². The number of para-hydroxylation sites is 1. The van der Waals surface area contributed by atoms with E-state index in [0.29, 0.717) is 0 Å². The summed E-state index contributed by atoms with van der Waals surface area (Å²) in [6.45, 7) is 0. The van der Waals surface area contributed by atoms with E-state index in [1.807, 2.05) is 0 Å². The number of nitrogens with zero attached hydrogens (tertiary/aromatic N) is 2. The van der Waals surface area contributed by atoms with Crippen LogP contribution in [0.1, 0.15) is 17.7 Å². The lowest BCUT2D eigenvalue weighted by atomic mass is 9.99. The van der Waals surface area contributed by atoms with Gasteiger partial charge < -0.3 is 9.13 Å². The Balaban J connectivity index is 2.14. The van der Waals surface area contributed by atoms with Crippen molar-refractivity contribution in [1.29, 1.82) is 0 Å². The topological polar surface area (TPSA) is 9.86 Å². The normalized spacial score (nSPS) is 14.3. The van der Waals surface area contributed by atoms with Crippen LogP contribution in [0.4, 0.5) is 0 Å². The number of hydrogen-bond acceptors (Lipinski definition) is 0. The Hall–Kier alpha value is -2.48. The maximum absolute atomic E-state index is 2.38. The molecule has 2 nitrogen and oxygen atoms in total.